The Labute approximate surface area is 111 Å². The quantitative estimate of drug-likeness (QED) is 0.845. The Morgan fingerprint density at radius 3 is 3.22 bits per heavy atom. The van der Waals surface area contributed by atoms with E-state index in [-0.39, 0.29) is 11.8 Å². The third-order valence-corrected chi connectivity index (χ3v) is 4.13. The number of hydrogen-bond acceptors (Lipinski definition) is 5. The molecule has 18 heavy (non-hydrogen) atoms. The number of piperidine rings is 1. The lowest BCUT2D eigenvalue weighted by Gasteiger charge is -2.31. The van der Waals surface area contributed by atoms with Crippen LogP contribution in [0.15, 0.2) is 5.38 Å². The molecule has 1 aromatic rings. The van der Waals surface area contributed by atoms with Crippen LogP contribution in [0.5, 0.6) is 0 Å². The lowest BCUT2D eigenvalue weighted by Crippen LogP contribution is -2.44. The molecule has 1 amide bonds. The molecule has 2 rings (SSSR count). The van der Waals surface area contributed by atoms with Crippen LogP contribution in [0.4, 0.5) is 5.13 Å². The fourth-order valence-electron chi connectivity index (χ4n) is 2.19. The van der Waals surface area contributed by atoms with Gasteiger partial charge < -0.3 is 16.0 Å². The Hall–Kier alpha value is -1.14. The molecule has 0 radical (unpaired) electrons. The van der Waals surface area contributed by atoms with Crippen molar-refractivity contribution >= 4 is 22.4 Å². The first kappa shape index (κ1) is 13.3. The molecule has 1 atom stereocenters. The van der Waals surface area contributed by atoms with E-state index >= 15 is 0 Å². The van der Waals surface area contributed by atoms with Crippen LogP contribution in [0.2, 0.25) is 0 Å². The number of aryl methyl sites for hydroxylation is 1. The lowest BCUT2D eigenvalue weighted by molar-refractivity contribution is -0.125. The molecule has 2 heterocycles. The van der Waals surface area contributed by atoms with Crippen molar-refractivity contribution in [1.82, 2.24) is 10.3 Å². The molecule has 0 aliphatic carbocycles. The van der Waals surface area contributed by atoms with Gasteiger partial charge in [-0.2, -0.15) is 0 Å². The number of nitrogens with one attached hydrogen (secondary N) is 1. The molecule has 1 aliphatic rings. The van der Waals surface area contributed by atoms with Crippen LogP contribution in [-0.4, -0.2) is 37.1 Å². The summed E-state index contributed by atoms with van der Waals surface area (Å²) >= 11 is 1.65. The van der Waals surface area contributed by atoms with Crippen molar-refractivity contribution in [1.29, 1.82) is 0 Å². The molecule has 1 aromatic heterocycles. The Morgan fingerprint density at radius 1 is 1.72 bits per heavy atom. The van der Waals surface area contributed by atoms with E-state index in [2.05, 4.69) is 15.2 Å². The van der Waals surface area contributed by atoms with E-state index in [0.717, 1.165) is 36.8 Å². The predicted octanol–water partition coefficient (Wildman–Crippen LogP) is 0.743. The molecule has 100 valence electrons. The molecule has 1 saturated heterocycles. The summed E-state index contributed by atoms with van der Waals surface area (Å²) in [5, 5.41) is 5.95. The number of anilines is 1. The maximum absolute atomic E-state index is 11.9. The second kappa shape index (κ2) is 6.15. The monoisotopic (exact) mass is 268 g/mol. The summed E-state index contributed by atoms with van der Waals surface area (Å²) in [6, 6.07) is 0. The van der Waals surface area contributed by atoms with Gasteiger partial charge in [0.15, 0.2) is 5.13 Å². The van der Waals surface area contributed by atoms with Crippen LogP contribution in [0, 0.1) is 12.8 Å². The van der Waals surface area contributed by atoms with Gasteiger partial charge in [0.25, 0.3) is 0 Å². The zero-order valence-corrected chi connectivity index (χ0v) is 11.5. The Morgan fingerprint density at radius 2 is 2.56 bits per heavy atom. The molecule has 1 fully saturated rings. The van der Waals surface area contributed by atoms with Crippen LogP contribution in [0.3, 0.4) is 0 Å². The number of amides is 1. The van der Waals surface area contributed by atoms with E-state index in [1.807, 2.05) is 12.3 Å². The summed E-state index contributed by atoms with van der Waals surface area (Å²) in [5.41, 5.74) is 6.44. The third-order valence-electron chi connectivity index (χ3n) is 3.11. The molecule has 0 spiro atoms. The summed E-state index contributed by atoms with van der Waals surface area (Å²) < 4.78 is 0. The number of thiazole rings is 1. The van der Waals surface area contributed by atoms with E-state index in [1.165, 1.54) is 0 Å². The highest BCUT2D eigenvalue weighted by Crippen LogP contribution is 2.26. The van der Waals surface area contributed by atoms with Gasteiger partial charge in [-0.3, -0.25) is 4.79 Å². The van der Waals surface area contributed by atoms with Gasteiger partial charge in [-0.25, -0.2) is 4.98 Å². The van der Waals surface area contributed by atoms with Gasteiger partial charge in [-0.1, -0.05) is 0 Å². The fraction of sp³-hybridized carbons (Fsp3) is 0.667. The fourth-order valence-corrected chi connectivity index (χ4v) is 3.03. The van der Waals surface area contributed by atoms with Crippen molar-refractivity contribution in [3.8, 4) is 0 Å². The van der Waals surface area contributed by atoms with Crippen molar-refractivity contribution < 1.29 is 4.79 Å². The Bertz CT molecular complexity index is 407. The first-order valence-corrected chi connectivity index (χ1v) is 7.23. The molecular weight excluding hydrogens is 248 g/mol. The van der Waals surface area contributed by atoms with Crippen LogP contribution < -0.4 is 16.0 Å². The maximum atomic E-state index is 11.9. The summed E-state index contributed by atoms with van der Waals surface area (Å²) in [7, 11) is 0. The molecule has 0 bridgehead atoms. The summed E-state index contributed by atoms with van der Waals surface area (Å²) in [5.74, 6) is 0.188. The Kier molecular flexibility index (Phi) is 4.54. The zero-order chi connectivity index (χ0) is 13.0. The first-order valence-electron chi connectivity index (χ1n) is 6.35. The Balaban J connectivity index is 1.94. The lowest BCUT2D eigenvalue weighted by atomic mass is 9.97. The van der Waals surface area contributed by atoms with E-state index in [9.17, 15) is 4.79 Å². The van der Waals surface area contributed by atoms with Crippen molar-refractivity contribution in [2.45, 2.75) is 19.8 Å². The number of hydrogen-bond donors (Lipinski definition) is 2. The topological polar surface area (TPSA) is 71.2 Å². The number of carbonyl (C=O) groups is 1. The molecule has 1 unspecified atom stereocenters. The van der Waals surface area contributed by atoms with Gasteiger partial charge in [0.2, 0.25) is 5.91 Å². The molecule has 0 saturated carbocycles. The summed E-state index contributed by atoms with van der Waals surface area (Å²) in [4.78, 5) is 18.6. The smallest absolute Gasteiger partial charge is 0.224 e. The highest BCUT2D eigenvalue weighted by atomic mass is 32.1. The van der Waals surface area contributed by atoms with E-state index in [1.54, 1.807) is 11.3 Å². The van der Waals surface area contributed by atoms with Crippen molar-refractivity contribution in [3.05, 3.63) is 11.1 Å². The highest BCUT2D eigenvalue weighted by molar-refractivity contribution is 7.13. The van der Waals surface area contributed by atoms with Gasteiger partial charge in [0.1, 0.15) is 0 Å². The molecule has 0 aromatic carbocycles. The van der Waals surface area contributed by atoms with Gasteiger partial charge in [0.05, 0.1) is 11.6 Å². The van der Waals surface area contributed by atoms with Gasteiger partial charge >= 0.3 is 0 Å². The molecule has 5 nitrogen and oxygen atoms in total. The number of nitrogens with zero attached hydrogens (tertiary/aromatic N) is 2. The minimum absolute atomic E-state index is 0.0644. The third kappa shape index (κ3) is 3.20. The van der Waals surface area contributed by atoms with E-state index in [4.69, 9.17) is 5.73 Å². The second-order valence-corrected chi connectivity index (χ2v) is 5.47. The summed E-state index contributed by atoms with van der Waals surface area (Å²) in [6.45, 7) is 4.81. The van der Waals surface area contributed by atoms with Crippen molar-refractivity contribution in [2.24, 2.45) is 11.7 Å². The SMILES string of the molecule is Cc1csc(N2CCCC(C(=O)NCCN)C2)n1. The number of nitrogens with two attached hydrogens (primary N) is 1. The van der Waals surface area contributed by atoms with Gasteiger partial charge in [0, 0.05) is 31.6 Å². The molecular formula is C12H20N4OS. The predicted molar refractivity (Wildman–Crippen MR) is 73.9 cm³/mol. The second-order valence-electron chi connectivity index (χ2n) is 4.64. The van der Waals surface area contributed by atoms with Crippen LogP contribution >= 0.6 is 11.3 Å². The van der Waals surface area contributed by atoms with Gasteiger partial charge in [-0.05, 0) is 19.8 Å². The first-order chi connectivity index (χ1) is 8.70. The molecule has 1 aliphatic heterocycles. The van der Waals surface area contributed by atoms with Crippen molar-refractivity contribution in [2.75, 3.05) is 31.1 Å². The van der Waals surface area contributed by atoms with Crippen LogP contribution in [-0.2, 0) is 4.79 Å². The minimum atomic E-state index is 0.0644. The van der Waals surface area contributed by atoms with Gasteiger partial charge in [-0.15, -0.1) is 11.3 Å². The average Bonchev–Trinajstić information content (AvgIpc) is 2.83. The maximum Gasteiger partial charge on any atom is 0.224 e. The largest absolute Gasteiger partial charge is 0.355 e. The number of rotatable bonds is 4. The van der Waals surface area contributed by atoms with E-state index < -0.39 is 0 Å². The number of aromatic nitrogens is 1. The van der Waals surface area contributed by atoms with E-state index in [0.29, 0.717) is 13.1 Å². The highest BCUT2D eigenvalue weighted by Gasteiger charge is 2.26. The molecule has 3 N–H and O–H groups in total. The van der Waals surface area contributed by atoms with Crippen LogP contribution in [0.1, 0.15) is 18.5 Å². The molecule has 6 heteroatoms. The van der Waals surface area contributed by atoms with Crippen LogP contribution in [0.25, 0.3) is 0 Å². The van der Waals surface area contributed by atoms with Crippen molar-refractivity contribution in [3.63, 3.8) is 0 Å². The average molecular weight is 268 g/mol. The zero-order valence-electron chi connectivity index (χ0n) is 10.7. The normalized spacial score (nSPS) is 19.9. The minimum Gasteiger partial charge on any atom is -0.355 e. The standard InChI is InChI=1S/C12H20N4OS/c1-9-8-18-12(15-9)16-6-2-3-10(7-16)11(17)14-5-4-13/h8,10H,2-7,13H2,1H3,(H,14,17). The number of carbonyl (C=O) groups excluding carboxylic acids is 1. The summed E-state index contributed by atoms with van der Waals surface area (Å²) in [6.07, 6.45) is 2.00.